The molecular formula is C22H19FO3. The van der Waals surface area contributed by atoms with Crippen LogP contribution in [0.3, 0.4) is 0 Å². The zero-order valence-corrected chi connectivity index (χ0v) is 14.6. The molecule has 132 valence electrons. The first-order valence-electron chi connectivity index (χ1n) is 8.50. The Morgan fingerprint density at radius 1 is 0.923 bits per heavy atom. The van der Waals surface area contributed by atoms with Gasteiger partial charge in [0.2, 0.25) is 6.29 Å². The molecule has 0 aromatic heterocycles. The van der Waals surface area contributed by atoms with Gasteiger partial charge in [0.05, 0.1) is 0 Å². The predicted octanol–water partition coefficient (Wildman–Crippen LogP) is 5.29. The Labute approximate surface area is 151 Å². The first-order chi connectivity index (χ1) is 12.5. The van der Waals surface area contributed by atoms with E-state index in [2.05, 4.69) is 0 Å². The van der Waals surface area contributed by atoms with Crippen LogP contribution in [0.15, 0.2) is 60.7 Å². The van der Waals surface area contributed by atoms with Crippen LogP contribution in [-0.4, -0.2) is 11.4 Å². The summed E-state index contributed by atoms with van der Waals surface area (Å²) in [5.74, 6) is 0.125. The van der Waals surface area contributed by atoms with Gasteiger partial charge in [-0.3, -0.25) is 0 Å². The summed E-state index contributed by atoms with van der Waals surface area (Å²) in [6, 6.07) is 18.2. The minimum absolute atomic E-state index is 0.195. The number of aryl methyl sites for hydroxylation is 2. The van der Waals surface area contributed by atoms with Crippen molar-refractivity contribution in [2.45, 2.75) is 26.2 Å². The molecule has 0 aliphatic carbocycles. The summed E-state index contributed by atoms with van der Waals surface area (Å²) in [6.45, 7) is 3.77. The van der Waals surface area contributed by atoms with Crippen molar-refractivity contribution in [2.24, 2.45) is 0 Å². The smallest absolute Gasteiger partial charge is 0.231 e. The van der Waals surface area contributed by atoms with Crippen LogP contribution >= 0.6 is 0 Å². The van der Waals surface area contributed by atoms with Crippen molar-refractivity contribution in [1.29, 1.82) is 0 Å². The zero-order chi connectivity index (χ0) is 18.3. The van der Waals surface area contributed by atoms with Gasteiger partial charge in [-0.15, -0.1) is 0 Å². The molecule has 3 aromatic carbocycles. The number of hydrogen-bond acceptors (Lipinski definition) is 3. The monoisotopic (exact) mass is 350 g/mol. The van der Waals surface area contributed by atoms with Crippen LogP contribution in [0.25, 0.3) is 11.1 Å². The average Bonchev–Trinajstić information content (AvgIpc) is 3.41. The van der Waals surface area contributed by atoms with Crippen LogP contribution in [-0.2, 0) is 4.74 Å². The number of benzene rings is 3. The molecule has 3 aromatic rings. The van der Waals surface area contributed by atoms with Crippen molar-refractivity contribution < 1.29 is 19.0 Å². The molecule has 26 heavy (non-hydrogen) atoms. The van der Waals surface area contributed by atoms with Gasteiger partial charge in [0.15, 0.2) is 11.6 Å². The van der Waals surface area contributed by atoms with Gasteiger partial charge in [-0.25, -0.2) is 4.39 Å². The largest absolute Gasteiger partial charge is 0.507 e. The number of para-hydroxylation sites is 1. The molecule has 0 saturated carbocycles. The van der Waals surface area contributed by atoms with E-state index >= 15 is 0 Å². The Kier molecular flexibility index (Phi) is 4.13. The zero-order valence-electron chi connectivity index (χ0n) is 14.6. The molecule has 1 N–H and O–H groups in total. The van der Waals surface area contributed by atoms with Gasteiger partial charge in [0.25, 0.3) is 0 Å². The van der Waals surface area contributed by atoms with E-state index in [1.807, 2.05) is 50.2 Å². The second kappa shape index (κ2) is 6.46. The molecule has 4 rings (SSSR count). The highest BCUT2D eigenvalue weighted by molar-refractivity contribution is 5.68. The van der Waals surface area contributed by atoms with Crippen molar-refractivity contribution in [3.05, 3.63) is 83.2 Å². The Hall–Kier alpha value is -2.85. The minimum Gasteiger partial charge on any atom is -0.507 e. The molecule has 0 bridgehead atoms. The van der Waals surface area contributed by atoms with Crippen molar-refractivity contribution in [3.8, 4) is 22.6 Å². The minimum atomic E-state index is -0.481. The van der Waals surface area contributed by atoms with E-state index in [0.717, 1.165) is 27.8 Å². The van der Waals surface area contributed by atoms with Crippen molar-refractivity contribution in [3.63, 3.8) is 0 Å². The lowest BCUT2D eigenvalue weighted by molar-refractivity contribution is 0.172. The van der Waals surface area contributed by atoms with Crippen LogP contribution < -0.4 is 4.74 Å². The summed E-state index contributed by atoms with van der Waals surface area (Å²) in [6.07, 6.45) is -0.695. The third-order valence-electron chi connectivity index (χ3n) is 4.57. The van der Waals surface area contributed by atoms with Crippen LogP contribution in [0.1, 0.15) is 22.8 Å². The normalized spacial score (nSPS) is 18.6. The summed E-state index contributed by atoms with van der Waals surface area (Å²) >= 11 is 0. The highest BCUT2D eigenvalue weighted by Gasteiger charge is 2.43. The van der Waals surface area contributed by atoms with E-state index in [0.29, 0.717) is 5.75 Å². The molecule has 1 heterocycles. The maximum atomic E-state index is 13.7. The van der Waals surface area contributed by atoms with Gasteiger partial charge in [0.1, 0.15) is 11.9 Å². The first-order valence-corrected chi connectivity index (χ1v) is 8.50. The third kappa shape index (κ3) is 3.16. The standard InChI is InChI=1S/C22H19FO3/c1-13-10-17(11-14(2)20(13)24)15-6-5-7-16(12-15)21-22(26-21)25-19-9-4-3-8-18(19)23/h3-12,21-22,24H,1-2H3. The molecule has 4 heteroatoms. The Bertz CT molecular complexity index is 944. The number of rotatable bonds is 4. The number of phenols is 1. The third-order valence-corrected chi connectivity index (χ3v) is 4.57. The quantitative estimate of drug-likeness (QED) is 0.650. The number of epoxide rings is 1. The SMILES string of the molecule is Cc1cc(-c2cccc(C3OC3Oc3ccccc3F)c2)cc(C)c1O. The highest BCUT2D eigenvalue weighted by Crippen LogP contribution is 2.41. The lowest BCUT2D eigenvalue weighted by atomic mass is 9.97. The fourth-order valence-corrected chi connectivity index (χ4v) is 3.11. The summed E-state index contributed by atoms with van der Waals surface area (Å²) in [7, 11) is 0. The molecule has 1 fully saturated rings. The first kappa shape index (κ1) is 16.6. The van der Waals surface area contributed by atoms with E-state index in [1.54, 1.807) is 18.2 Å². The second-order valence-electron chi connectivity index (χ2n) is 6.56. The van der Waals surface area contributed by atoms with Gasteiger partial charge in [-0.2, -0.15) is 0 Å². The lowest BCUT2D eigenvalue weighted by Gasteiger charge is -2.09. The maximum Gasteiger partial charge on any atom is 0.231 e. The number of hydrogen-bond donors (Lipinski definition) is 1. The summed E-state index contributed by atoms with van der Waals surface area (Å²) in [5, 5.41) is 9.96. The fraction of sp³-hybridized carbons (Fsp3) is 0.182. The van der Waals surface area contributed by atoms with Gasteiger partial charge in [-0.05, 0) is 72.0 Å². The number of ether oxygens (including phenoxy) is 2. The summed E-state index contributed by atoms with van der Waals surface area (Å²) in [5.41, 5.74) is 4.73. The fourth-order valence-electron chi connectivity index (χ4n) is 3.11. The van der Waals surface area contributed by atoms with E-state index in [1.165, 1.54) is 6.07 Å². The van der Waals surface area contributed by atoms with E-state index in [9.17, 15) is 9.50 Å². The molecule has 1 aliphatic rings. The Balaban J connectivity index is 1.55. The molecule has 1 aliphatic heterocycles. The van der Waals surface area contributed by atoms with Crippen LogP contribution in [0.5, 0.6) is 11.5 Å². The highest BCUT2D eigenvalue weighted by atomic mass is 19.1. The van der Waals surface area contributed by atoms with E-state index in [4.69, 9.17) is 9.47 Å². The Morgan fingerprint density at radius 2 is 1.65 bits per heavy atom. The maximum absolute atomic E-state index is 13.7. The number of halogens is 1. The number of aromatic hydroxyl groups is 1. The summed E-state index contributed by atoms with van der Waals surface area (Å²) < 4.78 is 24.9. The van der Waals surface area contributed by atoms with Gasteiger partial charge >= 0.3 is 0 Å². The van der Waals surface area contributed by atoms with Gasteiger partial charge in [-0.1, -0.05) is 30.3 Å². The van der Waals surface area contributed by atoms with Crippen LogP contribution in [0.4, 0.5) is 4.39 Å². The van der Waals surface area contributed by atoms with Crippen LogP contribution in [0.2, 0.25) is 0 Å². The predicted molar refractivity (Wildman–Crippen MR) is 97.7 cm³/mol. The average molecular weight is 350 g/mol. The lowest BCUT2D eigenvalue weighted by Crippen LogP contribution is -2.01. The molecule has 2 atom stereocenters. The molecule has 0 amide bonds. The second-order valence-corrected chi connectivity index (χ2v) is 6.56. The molecule has 0 radical (unpaired) electrons. The molecular weight excluding hydrogens is 331 g/mol. The molecule has 2 unspecified atom stereocenters. The molecule has 1 saturated heterocycles. The van der Waals surface area contributed by atoms with E-state index < -0.39 is 12.1 Å². The van der Waals surface area contributed by atoms with Gasteiger partial charge in [0, 0.05) is 0 Å². The number of phenolic OH excluding ortho intramolecular Hbond substituents is 1. The molecule has 0 spiro atoms. The van der Waals surface area contributed by atoms with Crippen molar-refractivity contribution in [2.75, 3.05) is 0 Å². The van der Waals surface area contributed by atoms with Crippen molar-refractivity contribution in [1.82, 2.24) is 0 Å². The van der Waals surface area contributed by atoms with Gasteiger partial charge < -0.3 is 14.6 Å². The topological polar surface area (TPSA) is 42.0 Å². The van der Waals surface area contributed by atoms with E-state index in [-0.39, 0.29) is 11.9 Å². The van der Waals surface area contributed by atoms with Crippen LogP contribution in [0, 0.1) is 19.7 Å². The van der Waals surface area contributed by atoms with Crippen molar-refractivity contribution >= 4 is 0 Å². The molecule has 3 nitrogen and oxygen atoms in total. The Morgan fingerprint density at radius 3 is 2.38 bits per heavy atom. The summed E-state index contributed by atoms with van der Waals surface area (Å²) in [4.78, 5) is 0.